The number of carbonyl (C=O) groups is 2. The Hall–Kier alpha value is -0.910. The average Bonchev–Trinajstić information content (AvgIpc) is 2.71. The summed E-state index contributed by atoms with van der Waals surface area (Å²) < 4.78 is 4.75. The molecule has 78 valence electrons. The normalized spacial score (nSPS) is 32.0. The molecule has 0 radical (unpaired) electrons. The van der Waals surface area contributed by atoms with Gasteiger partial charge in [0.25, 0.3) is 0 Å². The van der Waals surface area contributed by atoms with Gasteiger partial charge in [-0.1, -0.05) is 0 Å². The summed E-state index contributed by atoms with van der Waals surface area (Å²) in [6.07, 6.45) is 0.383. The highest BCUT2D eigenvalue weighted by atomic mass is 32.2. The van der Waals surface area contributed by atoms with Crippen LogP contribution in [0.5, 0.6) is 0 Å². The third-order valence-electron chi connectivity index (χ3n) is 2.50. The highest BCUT2D eigenvalue weighted by molar-refractivity contribution is 7.99. The van der Waals surface area contributed by atoms with Gasteiger partial charge in [0.15, 0.2) is 6.04 Å². The van der Waals surface area contributed by atoms with Gasteiger partial charge in [-0.05, 0) is 12.2 Å². The van der Waals surface area contributed by atoms with Crippen LogP contribution in [0.15, 0.2) is 0 Å². The number of carbonyl (C=O) groups excluding carboxylic acids is 1. The van der Waals surface area contributed by atoms with Gasteiger partial charge in [0, 0.05) is 11.8 Å². The maximum absolute atomic E-state index is 11.3. The minimum absolute atomic E-state index is 0.0185. The smallest absolute Gasteiger partial charge is 0.411 e. The Morgan fingerprint density at radius 3 is 3.00 bits per heavy atom. The number of cyclic esters (lactones) is 1. The van der Waals surface area contributed by atoms with E-state index in [1.54, 1.807) is 11.8 Å². The summed E-state index contributed by atoms with van der Waals surface area (Å²) >= 11 is 1.74. The molecule has 1 amide bonds. The van der Waals surface area contributed by atoms with E-state index >= 15 is 0 Å². The molecule has 1 N–H and O–H groups in total. The molecule has 0 aliphatic carbocycles. The summed E-state index contributed by atoms with van der Waals surface area (Å²) in [4.78, 5) is 23.5. The average molecular weight is 217 g/mol. The molecular formula is C8H11NO4S. The topological polar surface area (TPSA) is 66.8 Å². The molecule has 0 aromatic heterocycles. The fraction of sp³-hybridized carbons (Fsp3) is 0.750. The molecule has 2 aliphatic rings. The Balaban J connectivity index is 2.12. The lowest BCUT2D eigenvalue weighted by molar-refractivity contribution is -0.141. The molecule has 2 heterocycles. The summed E-state index contributed by atoms with van der Waals surface area (Å²) in [6.45, 7) is -0.0185. The molecule has 2 aliphatic heterocycles. The zero-order valence-corrected chi connectivity index (χ0v) is 8.33. The Morgan fingerprint density at radius 1 is 1.64 bits per heavy atom. The van der Waals surface area contributed by atoms with Gasteiger partial charge in [-0.3, -0.25) is 4.90 Å². The molecule has 0 saturated carbocycles. The van der Waals surface area contributed by atoms with Crippen LogP contribution in [-0.4, -0.2) is 52.3 Å². The highest BCUT2D eigenvalue weighted by Gasteiger charge is 2.43. The molecule has 0 spiro atoms. The third kappa shape index (κ3) is 1.54. The van der Waals surface area contributed by atoms with Crippen molar-refractivity contribution in [2.24, 2.45) is 0 Å². The number of hydrogen-bond donors (Lipinski definition) is 1. The first kappa shape index (κ1) is 9.64. The molecule has 0 aromatic rings. The van der Waals surface area contributed by atoms with Crippen LogP contribution in [0, 0.1) is 0 Å². The van der Waals surface area contributed by atoms with E-state index in [4.69, 9.17) is 9.84 Å². The van der Waals surface area contributed by atoms with E-state index in [-0.39, 0.29) is 12.6 Å². The molecular weight excluding hydrogens is 206 g/mol. The number of ether oxygens (including phenoxy) is 1. The molecule has 0 bridgehead atoms. The minimum atomic E-state index is -0.979. The number of thioether (sulfide) groups is 1. The Bertz CT molecular complexity index is 264. The highest BCUT2D eigenvalue weighted by Crippen LogP contribution is 2.27. The number of hydrogen-bond acceptors (Lipinski definition) is 4. The molecule has 2 saturated heterocycles. The van der Waals surface area contributed by atoms with Crippen LogP contribution in [0.25, 0.3) is 0 Å². The maximum Gasteiger partial charge on any atom is 0.411 e. The fourth-order valence-corrected chi connectivity index (χ4v) is 2.97. The van der Waals surface area contributed by atoms with Crippen LogP contribution in [0.2, 0.25) is 0 Å². The maximum atomic E-state index is 11.3. The van der Waals surface area contributed by atoms with Crippen molar-refractivity contribution >= 4 is 23.8 Å². The Morgan fingerprint density at radius 2 is 2.43 bits per heavy atom. The van der Waals surface area contributed by atoms with E-state index in [1.807, 2.05) is 0 Å². The van der Waals surface area contributed by atoms with Crippen molar-refractivity contribution in [2.45, 2.75) is 18.5 Å². The van der Waals surface area contributed by atoms with E-state index in [0.29, 0.717) is 0 Å². The van der Waals surface area contributed by atoms with Gasteiger partial charge < -0.3 is 9.84 Å². The molecule has 2 rings (SSSR count). The van der Waals surface area contributed by atoms with Gasteiger partial charge in [0.2, 0.25) is 0 Å². The lowest BCUT2D eigenvalue weighted by Crippen LogP contribution is -2.46. The number of aliphatic carboxylic acids is 1. The number of amides is 1. The van der Waals surface area contributed by atoms with E-state index < -0.39 is 18.1 Å². The van der Waals surface area contributed by atoms with Crippen LogP contribution in [0.3, 0.4) is 0 Å². The van der Waals surface area contributed by atoms with Gasteiger partial charge >= 0.3 is 12.1 Å². The van der Waals surface area contributed by atoms with E-state index in [2.05, 4.69) is 0 Å². The van der Waals surface area contributed by atoms with Crippen LogP contribution in [0.4, 0.5) is 4.79 Å². The fourth-order valence-electron chi connectivity index (χ4n) is 1.77. The van der Waals surface area contributed by atoms with Crippen molar-refractivity contribution in [1.29, 1.82) is 0 Å². The SMILES string of the molecule is O=C(O)C1COC(=O)N1C1CCSC1. The number of carboxylic acids is 1. The Labute approximate surface area is 85.4 Å². The first-order valence-electron chi connectivity index (χ1n) is 4.46. The van der Waals surface area contributed by atoms with Crippen LogP contribution in [-0.2, 0) is 9.53 Å². The minimum Gasteiger partial charge on any atom is -0.480 e. The zero-order valence-electron chi connectivity index (χ0n) is 7.51. The standard InChI is InChI=1S/C8H11NO4S/c10-7(11)6-3-13-8(12)9(6)5-1-2-14-4-5/h5-6H,1-4H2,(H,10,11). The molecule has 14 heavy (non-hydrogen) atoms. The molecule has 0 aromatic carbocycles. The summed E-state index contributed by atoms with van der Waals surface area (Å²) in [5.74, 6) is 0.826. The van der Waals surface area contributed by atoms with Crippen molar-refractivity contribution in [3.63, 3.8) is 0 Å². The lowest BCUT2D eigenvalue weighted by atomic mass is 10.2. The predicted octanol–water partition coefficient (Wildman–Crippen LogP) is 0.397. The van der Waals surface area contributed by atoms with E-state index in [0.717, 1.165) is 17.9 Å². The monoisotopic (exact) mass is 217 g/mol. The van der Waals surface area contributed by atoms with Gasteiger partial charge in [-0.15, -0.1) is 0 Å². The van der Waals surface area contributed by atoms with Crippen molar-refractivity contribution in [2.75, 3.05) is 18.1 Å². The summed E-state index contributed by atoms with van der Waals surface area (Å²) in [7, 11) is 0. The zero-order chi connectivity index (χ0) is 10.1. The number of rotatable bonds is 2. The van der Waals surface area contributed by atoms with Crippen LogP contribution < -0.4 is 0 Å². The summed E-state index contributed by atoms with van der Waals surface area (Å²) in [6, 6.07) is -0.748. The lowest BCUT2D eigenvalue weighted by Gasteiger charge is -2.24. The largest absolute Gasteiger partial charge is 0.480 e. The predicted molar refractivity (Wildman–Crippen MR) is 50.3 cm³/mol. The third-order valence-corrected chi connectivity index (χ3v) is 3.64. The second kappa shape index (κ2) is 3.68. The second-order valence-corrected chi connectivity index (χ2v) is 4.51. The second-order valence-electron chi connectivity index (χ2n) is 3.36. The van der Waals surface area contributed by atoms with Crippen LogP contribution in [0.1, 0.15) is 6.42 Å². The number of carboxylic acid groups (broad SMARTS) is 1. The molecule has 2 atom stereocenters. The van der Waals surface area contributed by atoms with E-state index in [9.17, 15) is 9.59 Å². The molecule has 2 unspecified atom stereocenters. The van der Waals surface area contributed by atoms with Gasteiger partial charge in [-0.25, -0.2) is 9.59 Å². The summed E-state index contributed by atoms with van der Waals surface area (Å²) in [5, 5.41) is 8.88. The molecule has 6 heteroatoms. The number of nitrogens with zero attached hydrogens (tertiary/aromatic N) is 1. The van der Waals surface area contributed by atoms with Gasteiger partial charge in [0.1, 0.15) is 6.61 Å². The first-order valence-corrected chi connectivity index (χ1v) is 5.61. The van der Waals surface area contributed by atoms with Crippen molar-refractivity contribution in [1.82, 2.24) is 4.90 Å². The van der Waals surface area contributed by atoms with Crippen LogP contribution >= 0.6 is 11.8 Å². The molecule has 2 fully saturated rings. The van der Waals surface area contributed by atoms with Crippen molar-refractivity contribution in [3.8, 4) is 0 Å². The Kier molecular flexibility index (Phi) is 2.54. The van der Waals surface area contributed by atoms with Gasteiger partial charge in [-0.2, -0.15) is 11.8 Å². The quantitative estimate of drug-likeness (QED) is 0.725. The van der Waals surface area contributed by atoms with Gasteiger partial charge in [0.05, 0.1) is 0 Å². The van der Waals surface area contributed by atoms with Crippen molar-refractivity contribution in [3.05, 3.63) is 0 Å². The molecule has 5 nitrogen and oxygen atoms in total. The first-order chi connectivity index (χ1) is 6.70. The van der Waals surface area contributed by atoms with Crippen molar-refractivity contribution < 1.29 is 19.4 Å². The van der Waals surface area contributed by atoms with E-state index in [1.165, 1.54) is 4.90 Å². The summed E-state index contributed by atoms with van der Waals surface area (Å²) in [5.41, 5.74) is 0.